The highest BCUT2D eigenvalue weighted by Gasteiger charge is 2.50. The molecule has 0 aromatic carbocycles. The van der Waals surface area contributed by atoms with Crippen molar-refractivity contribution >= 4 is 17.8 Å². The first kappa shape index (κ1) is 30.3. The molecule has 1 amide bonds. The highest BCUT2D eigenvalue weighted by atomic mass is 19.4. The van der Waals surface area contributed by atoms with Crippen LogP contribution in [-0.4, -0.2) is 83.1 Å². The van der Waals surface area contributed by atoms with Crippen LogP contribution in [0.1, 0.15) is 24.8 Å². The minimum atomic E-state index is -5.08. The number of likely N-dealkylation sites (tertiary alicyclic amines) is 1. The summed E-state index contributed by atoms with van der Waals surface area (Å²) >= 11 is 0. The molecule has 0 radical (unpaired) electrons. The molecule has 1 aliphatic carbocycles. The van der Waals surface area contributed by atoms with E-state index in [0.717, 1.165) is 39.4 Å². The van der Waals surface area contributed by atoms with E-state index in [1.807, 2.05) is 12.4 Å². The number of alkyl halides is 6. The van der Waals surface area contributed by atoms with Crippen LogP contribution in [0.3, 0.4) is 0 Å². The predicted octanol–water partition coefficient (Wildman–Crippen LogP) is 2.71. The molecule has 0 unspecified atom stereocenters. The van der Waals surface area contributed by atoms with Crippen molar-refractivity contribution in [1.29, 1.82) is 0 Å². The summed E-state index contributed by atoms with van der Waals surface area (Å²) in [4.78, 5) is 36.4. The smallest absolute Gasteiger partial charge is 0.475 e. The molecule has 3 N–H and O–H groups in total. The third kappa shape index (κ3) is 10.1. The Morgan fingerprint density at radius 3 is 2.08 bits per heavy atom. The normalized spacial score (nSPS) is 23.1. The molecule has 2 saturated heterocycles. The van der Waals surface area contributed by atoms with Gasteiger partial charge in [0.2, 0.25) is 5.91 Å². The van der Waals surface area contributed by atoms with Crippen molar-refractivity contribution in [2.75, 3.05) is 32.8 Å². The molecule has 4 rings (SSSR count). The van der Waals surface area contributed by atoms with Crippen molar-refractivity contribution < 1.29 is 55.7 Å². The fourth-order valence-electron chi connectivity index (χ4n) is 3.99. The van der Waals surface area contributed by atoms with Crippen molar-refractivity contribution in [2.45, 2.75) is 38.2 Å². The number of fused-ring (bicyclic) bond motifs is 1. The van der Waals surface area contributed by atoms with E-state index in [9.17, 15) is 31.1 Å². The average molecular weight is 543 g/mol. The van der Waals surface area contributed by atoms with Crippen LogP contribution in [0, 0.1) is 17.3 Å². The van der Waals surface area contributed by atoms with E-state index in [2.05, 4.69) is 27.3 Å². The summed E-state index contributed by atoms with van der Waals surface area (Å²) in [7, 11) is 0. The molecule has 0 spiro atoms. The van der Waals surface area contributed by atoms with E-state index >= 15 is 0 Å². The Labute approximate surface area is 207 Å². The van der Waals surface area contributed by atoms with Gasteiger partial charge in [0.15, 0.2) is 0 Å². The highest BCUT2D eigenvalue weighted by Crippen LogP contribution is 2.41. The quantitative estimate of drug-likeness (QED) is 0.468. The van der Waals surface area contributed by atoms with Gasteiger partial charge in [0.25, 0.3) is 0 Å². The number of halogens is 6. The molecule has 1 saturated carbocycles. The van der Waals surface area contributed by atoms with E-state index in [-0.39, 0.29) is 11.3 Å². The number of aliphatic carboxylic acids is 2. The maximum absolute atomic E-state index is 12.0. The zero-order valence-corrected chi connectivity index (χ0v) is 19.5. The van der Waals surface area contributed by atoms with E-state index in [1.165, 1.54) is 18.4 Å². The number of carbonyl (C=O) groups is 3. The maximum Gasteiger partial charge on any atom is 0.490 e. The number of carboxylic acid groups (broad SMARTS) is 2. The van der Waals surface area contributed by atoms with Crippen molar-refractivity contribution in [3.8, 4) is 0 Å². The fraction of sp³-hybridized carbons (Fsp3) is 0.636. The number of aromatic nitrogens is 1. The topological polar surface area (TPSA) is 129 Å². The van der Waals surface area contributed by atoms with Crippen LogP contribution >= 0.6 is 0 Å². The Morgan fingerprint density at radius 2 is 1.59 bits per heavy atom. The van der Waals surface area contributed by atoms with Gasteiger partial charge in [0.1, 0.15) is 0 Å². The van der Waals surface area contributed by atoms with Crippen LogP contribution < -0.4 is 5.32 Å². The van der Waals surface area contributed by atoms with Gasteiger partial charge in [-0.25, -0.2) is 9.59 Å². The standard InChI is InChI=1S/C18H25N3O2.2C2HF3O2/c22-17(7-14-1-2-14)20-11-18-12-21(9-16(18)10-23-13-18)8-15-3-5-19-6-4-15;2*3-2(4,5)1(6)7/h3-6,14,16H,1-2,7-13H2,(H,20,22);2*(H,6,7)/t16-,18+;;/m1../s1. The maximum atomic E-state index is 12.0. The van der Waals surface area contributed by atoms with Crippen LogP contribution in [0.2, 0.25) is 0 Å². The van der Waals surface area contributed by atoms with Crippen LogP contribution in [0.25, 0.3) is 0 Å². The van der Waals surface area contributed by atoms with Gasteiger partial charge >= 0.3 is 24.3 Å². The first-order valence-electron chi connectivity index (χ1n) is 11.2. The minimum Gasteiger partial charge on any atom is -0.475 e. The molecule has 2 atom stereocenters. The Hall–Kier alpha value is -2.94. The second-order valence-electron chi connectivity index (χ2n) is 9.13. The SMILES string of the molecule is O=C(CC1CC1)NC[C@]12COC[C@H]1CN(Cc1ccncc1)C2.O=C(O)C(F)(F)F.O=C(O)C(F)(F)F. The van der Waals surface area contributed by atoms with Crippen molar-refractivity contribution in [1.82, 2.24) is 15.2 Å². The van der Waals surface area contributed by atoms with Gasteiger partial charge < -0.3 is 20.3 Å². The molecular weight excluding hydrogens is 516 g/mol. The average Bonchev–Trinajstić information content (AvgIpc) is 3.41. The predicted molar refractivity (Wildman–Crippen MR) is 114 cm³/mol. The van der Waals surface area contributed by atoms with Gasteiger partial charge in [-0.05, 0) is 36.5 Å². The molecular formula is C22H27F6N3O6. The molecule has 3 aliphatic rings. The monoisotopic (exact) mass is 543 g/mol. The number of nitrogens with one attached hydrogen (secondary N) is 1. The number of hydrogen-bond acceptors (Lipinski definition) is 6. The van der Waals surface area contributed by atoms with Crippen LogP contribution in [-0.2, 0) is 25.7 Å². The van der Waals surface area contributed by atoms with E-state index in [1.54, 1.807) is 0 Å². The Morgan fingerprint density at radius 1 is 1.05 bits per heavy atom. The largest absolute Gasteiger partial charge is 0.490 e. The number of rotatable bonds is 6. The van der Waals surface area contributed by atoms with E-state index < -0.39 is 24.3 Å². The van der Waals surface area contributed by atoms with Gasteiger partial charge in [0, 0.05) is 56.3 Å². The van der Waals surface area contributed by atoms with Crippen molar-refractivity contribution in [3.05, 3.63) is 30.1 Å². The van der Waals surface area contributed by atoms with Crippen LogP contribution in [0.15, 0.2) is 24.5 Å². The third-order valence-corrected chi connectivity index (χ3v) is 6.04. The summed E-state index contributed by atoms with van der Waals surface area (Å²) in [5.41, 5.74) is 1.40. The lowest BCUT2D eigenvalue weighted by Gasteiger charge is -2.27. The third-order valence-electron chi connectivity index (χ3n) is 6.04. The number of carboxylic acids is 2. The Kier molecular flexibility index (Phi) is 10.3. The van der Waals surface area contributed by atoms with Gasteiger partial charge in [0.05, 0.1) is 13.2 Å². The van der Waals surface area contributed by atoms with Gasteiger partial charge in [-0.15, -0.1) is 0 Å². The van der Waals surface area contributed by atoms with Crippen LogP contribution in [0.5, 0.6) is 0 Å². The summed E-state index contributed by atoms with van der Waals surface area (Å²) < 4.78 is 69.2. The molecule has 208 valence electrons. The minimum absolute atomic E-state index is 0.103. The number of pyridine rings is 1. The second-order valence-corrected chi connectivity index (χ2v) is 9.13. The Bertz CT molecular complexity index is 902. The number of ether oxygens (including phenoxy) is 1. The molecule has 1 aromatic rings. The lowest BCUT2D eigenvalue weighted by Crippen LogP contribution is -2.43. The van der Waals surface area contributed by atoms with E-state index in [4.69, 9.17) is 24.5 Å². The number of nitrogens with zero attached hydrogens (tertiary/aromatic N) is 2. The molecule has 9 nitrogen and oxygen atoms in total. The summed E-state index contributed by atoms with van der Waals surface area (Å²) in [5.74, 6) is -4.11. The van der Waals surface area contributed by atoms with Gasteiger partial charge in [-0.3, -0.25) is 14.7 Å². The molecule has 0 bridgehead atoms. The van der Waals surface area contributed by atoms with Crippen molar-refractivity contribution in [2.24, 2.45) is 17.3 Å². The second kappa shape index (κ2) is 12.5. The molecule has 3 fully saturated rings. The fourth-order valence-corrected chi connectivity index (χ4v) is 3.99. The number of hydrogen-bond donors (Lipinski definition) is 3. The molecule has 15 heteroatoms. The van der Waals surface area contributed by atoms with Gasteiger partial charge in [-0.2, -0.15) is 26.3 Å². The highest BCUT2D eigenvalue weighted by molar-refractivity contribution is 5.76. The summed E-state index contributed by atoms with van der Waals surface area (Å²) in [6, 6.07) is 4.16. The number of carbonyl (C=O) groups excluding carboxylic acids is 1. The Balaban J connectivity index is 0.000000286. The summed E-state index contributed by atoms with van der Waals surface area (Å²) in [5, 5.41) is 17.4. The van der Waals surface area contributed by atoms with Crippen LogP contribution in [0.4, 0.5) is 26.3 Å². The summed E-state index contributed by atoms with van der Waals surface area (Å²) in [6.07, 6.45) is -3.30. The molecule has 2 aliphatic heterocycles. The molecule has 37 heavy (non-hydrogen) atoms. The van der Waals surface area contributed by atoms with Gasteiger partial charge in [-0.1, -0.05) is 0 Å². The number of amides is 1. The van der Waals surface area contributed by atoms with Crippen molar-refractivity contribution in [3.63, 3.8) is 0 Å². The lowest BCUT2D eigenvalue weighted by molar-refractivity contribution is -0.193. The first-order chi connectivity index (χ1) is 17.1. The van der Waals surface area contributed by atoms with E-state index in [0.29, 0.717) is 18.3 Å². The molecule has 3 heterocycles. The lowest BCUT2D eigenvalue weighted by atomic mass is 9.81. The molecule has 1 aromatic heterocycles. The zero-order valence-electron chi connectivity index (χ0n) is 19.5. The first-order valence-corrected chi connectivity index (χ1v) is 11.2. The summed E-state index contributed by atoms with van der Waals surface area (Å²) in [6.45, 7) is 5.37. The zero-order chi connectivity index (χ0) is 27.9.